The van der Waals surface area contributed by atoms with Crippen LogP contribution in [-0.2, 0) is 0 Å². The van der Waals surface area contributed by atoms with Crippen molar-refractivity contribution in [3.8, 4) is 0 Å². The summed E-state index contributed by atoms with van der Waals surface area (Å²) < 4.78 is 0. The molecule has 5 nitrogen and oxygen atoms in total. The zero-order valence-electron chi connectivity index (χ0n) is 13.5. The Bertz CT molecular complexity index is 678. The van der Waals surface area contributed by atoms with Gasteiger partial charge in [-0.15, -0.1) is 0 Å². The molecule has 0 aliphatic carbocycles. The molecule has 0 atom stereocenters. The van der Waals surface area contributed by atoms with Crippen LogP contribution >= 0.6 is 0 Å². The molecule has 0 bridgehead atoms. The third-order valence-corrected chi connectivity index (χ3v) is 4.16. The molecule has 1 N–H and O–H groups in total. The lowest BCUT2D eigenvalue weighted by Gasteiger charge is -2.20. The molecule has 1 saturated heterocycles. The molecule has 2 aromatic rings. The summed E-state index contributed by atoms with van der Waals surface area (Å²) in [6, 6.07) is 9.38. The predicted molar refractivity (Wildman–Crippen MR) is 91.8 cm³/mol. The number of hydrogen-bond donors (Lipinski definition) is 1. The van der Waals surface area contributed by atoms with Crippen LogP contribution in [0.4, 0.5) is 11.6 Å². The molecule has 0 radical (unpaired) electrons. The average Bonchev–Trinajstić information content (AvgIpc) is 2.86. The topological polar surface area (TPSA) is 58.1 Å². The number of hydrogen-bond acceptors (Lipinski definition) is 4. The zero-order valence-corrected chi connectivity index (χ0v) is 13.5. The number of carbonyl (C=O) groups excluding carboxylic acids is 1. The van der Waals surface area contributed by atoms with Crippen molar-refractivity contribution in [3.05, 3.63) is 47.8 Å². The Morgan fingerprint density at radius 2 is 1.83 bits per heavy atom. The van der Waals surface area contributed by atoms with Crippen molar-refractivity contribution in [3.63, 3.8) is 0 Å². The van der Waals surface area contributed by atoms with E-state index in [4.69, 9.17) is 0 Å². The fourth-order valence-electron chi connectivity index (χ4n) is 2.80. The summed E-state index contributed by atoms with van der Waals surface area (Å²) in [6.07, 6.45) is 6.49. The van der Waals surface area contributed by atoms with Crippen LogP contribution in [0.15, 0.2) is 36.5 Å². The molecule has 1 fully saturated rings. The van der Waals surface area contributed by atoms with Gasteiger partial charge in [-0.1, -0.05) is 31.0 Å². The first kappa shape index (κ1) is 15.5. The minimum absolute atomic E-state index is 0.197. The van der Waals surface area contributed by atoms with Gasteiger partial charge in [0.25, 0.3) is 5.91 Å². The number of para-hydroxylation sites is 1. The molecule has 2 heterocycles. The fraction of sp³-hybridized carbons (Fsp3) is 0.389. The van der Waals surface area contributed by atoms with Crippen LogP contribution in [0.1, 0.15) is 41.7 Å². The van der Waals surface area contributed by atoms with Crippen LogP contribution < -0.4 is 10.2 Å². The molecule has 1 aliphatic rings. The quantitative estimate of drug-likeness (QED) is 0.943. The van der Waals surface area contributed by atoms with Gasteiger partial charge in [0.1, 0.15) is 5.69 Å². The number of nitrogens with zero attached hydrogens (tertiary/aromatic N) is 3. The lowest BCUT2D eigenvalue weighted by atomic mass is 10.2. The SMILES string of the molecule is Cc1ccccc1NC(=O)c1ccnc(N2CCCCCC2)n1. The van der Waals surface area contributed by atoms with Gasteiger partial charge < -0.3 is 10.2 Å². The van der Waals surface area contributed by atoms with Crippen molar-refractivity contribution in [1.29, 1.82) is 0 Å². The van der Waals surface area contributed by atoms with Crippen molar-refractivity contribution in [2.24, 2.45) is 0 Å². The molecular formula is C18H22N4O. The summed E-state index contributed by atoms with van der Waals surface area (Å²) in [5.74, 6) is 0.460. The molecule has 23 heavy (non-hydrogen) atoms. The van der Waals surface area contributed by atoms with Crippen LogP contribution in [0.2, 0.25) is 0 Å². The molecule has 1 aliphatic heterocycles. The largest absolute Gasteiger partial charge is 0.341 e. The Balaban J connectivity index is 1.76. The van der Waals surface area contributed by atoms with E-state index in [9.17, 15) is 4.79 Å². The molecule has 1 amide bonds. The molecule has 5 heteroatoms. The van der Waals surface area contributed by atoms with E-state index < -0.39 is 0 Å². The third kappa shape index (κ3) is 3.86. The monoisotopic (exact) mass is 310 g/mol. The number of aromatic nitrogens is 2. The first-order valence-corrected chi connectivity index (χ1v) is 8.19. The average molecular weight is 310 g/mol. The summed E-state index contributed by atoms with van der Waals surface area (Å²) in [5, 5.41) is 2.92. The van der Waals surface area contributed by atoms with Crippen LogP contribution in [0.3, 0.4) is 0 Å². The maximum absolute atomic E-state index is 12.4. The van der Waals surface area contributed by atoms with Crippen LogP contribution in [0.5, 0.6) is 0 Å². The highest BCUT2D eigenvalue weighted by molar-refractivity contribution is 6.03. The summed E-state index contributed by atoms with van der Waals surface area (Å²) in [7, 11) is 0. The van der Waals surface area contributed by atoms with E-state index in [2.05, 4.69) is 20.2 Å². The molecule has 120 valence electrons. The van der Waals surface area contributed by atoms with E-state index in [0.717, 1.165) is 37.2 Å². The van der Waals surface area contributed by atoms with Crippen molar-refractivity contribution in [1.82, 2.24) is 9.97 Å². The highest BCUT2D eigenvalue weighted by Crippen LogP contribution is 2.17. The molecular weight excluding hydrogens is 288 g/mol. The Kier molecular flexibility index (Phi) is 4.86. The number of aryl methyl sites for hydroxylation is 1. The standard InChI is InChI=1S/C18H22N4O/c1-14-8-4-5-9-15(14)20-17(23)16-10-11-19-18(21-16)22-12-6-2-3-7-13-22/h4-5,8-11H,2-3,6-7,12-13H2,1H3,(H,20,23). The number of carbonyl (C=O) groups is 1. The van der Waals surface area contributed by atoms with E-state index in [-0.39, 0.29) is 5.91 Å². The number of benzene rings is 1. The smallest absolute Gasteiger partial charge is 0.274 e. The summed E-state index contributed by atoms with van der Waals surface area (Å²) in [5.41, 5.74) is 2.25. The van der Waals surface area contributed by atoms with Crippen molar-refractivity contribution >= 4 is 17.5 Å². The van der Waals surface area contributed by atoms with Gasteiger partial charge in [-0.25, -0.2) is 9.97 Å². The minimum atomic E-state index is -0.197. The van der Waals surface area contributed by atoms with Gasteiger partial charge in [0.2, 0.25) is 5.95 Å². The highest BCUT2D eigenvalue weighted by Gasteiger charge is 2.15. The molecule has 3 rings (SSSR count). The zero-order chi connectivity index (χ0) is 16.1. The van der Waals surface area contributed by atoms with Crippen LogP contribution in [0.25, 0.3) is 0 Å². The van der Waals surface area contributed by atoms with Gasteiger partial charge in [0.05, 0.1) is 0 Å². The predicted octanol–water partition coefficient (Wildman–Crippen LogP) is 3.42. The van der Waals surface area contributed by atoms with Gasteiger partial charge in [0.15, 0.2) is 0 Å². The number of anilines is 2. The summed E-state index contributed by atoms with van der Waals surface area (Å²) in [4.78, 5) is 23.4. The molecule has 1 aromatic heterocycles. The van der Waals surface area contributed by atoms with Gasteiger partial charge in [0, 0.05) is 25.0 Å². The first-order chi connectivity index (χ1) is 11.2. The minimum Gasteiger partial charge on any atom is -0.341 e. The van der Waals surface area contributed by atoms with E-state index in [1.165, 1.54) is 12.8 Å². The van der Waals surface area contributed by atoms with Gasteiger partial charge in [-0.05, 0) is 37.5 Å². The second-order valence-electron chi connectivity index (χ2n) is 5.91. The van der Waals surface area contributed by atoms with Crippen LogP contribution in [0, 0.1) is 6.92 Å². The second-order valence-corrected chi connectivity index (χ2v) is 5.91. The van der Waals surface area contributed by atoms with Gasteiger partial charge in [-0.2, -0.15) is 0 Å². The Morgan fingerprint density at radius 3 is 2.57 bits per heavy atom. The maximum Gasteiger partial charge on any atom is 0.274 e. The summed E-state index contributed by atoms with van der Waals surface area (Å²) >= 11 is 0. The number of rotatable bonds is 3. The number of nitrogens with one attached hydrogen (secondary N) is 1. The van der Waals surface area contributed by atoms with Crippen molar-refractivity contribution in [2.75, 3.05) is 23.3 Å². The number of amides is 1. The highest BCUT2D eigenvalue weighted by atomic mass is 16.1. The molecule has 0 unspecified atom stereocenters. The van der Waals surface area contributed by atoms with Crippen molar-refractivity contribution in [2.45, 2.75) is 32.6 Å². The van der Waals surface area contributed by atoms with Crippen molar-refractivity contribution < 1.29 is 4.79 Å². The molecule has 0 saturated carbocycles. The Morgan fingerprint density at radius 1 is 1.09 bits per heavy atom. The molecule has 1 aromatic carbocycles. The third-order valence-electron chi connectivity index (χ3n) is 4.16. The van der Waals surface area contributed by atoms with E-state index in [1.54, 1.807) is 12.3 Å². The van der Waals surface area contributed by atoms with Gasteiger partial charge >= 0.3 is 0 Å². The Labute approximate surface area is 136 Å². The normalized spacial score (nSPS) is 15.1. The van der Waals surface area contributed by atoms with E-state index in [0.29, 0.717) is 11.6 Å². The second kappa shape index (κ2) is 7.22. The molecule has 0 spiro atoms. The van der Waals surface area contributed by atoms with Crippen LogP contribution in [-0.4, -0.2) is 29.0 Å². The lowest BCUT2D eigenvalue weighted by Crippen LogP contribution is -2.27. The van der Waals surface area contributed by atoms with Gasteiger partial charge in [-0.3, -0.25) is 4.79 Å². The first-order valence-electron chi connectivity index (χ1n) is 8.19. The fourth-order valence-corrected chi connectivity index (χ4v) is 2.80. The Hall–Kier alpha value is -2.43. The summed E-state index contributed by atoms with van der Waals surface area (Å²) in [6.45, 7) is 3.89. The lowest BCUT2D eigenvalue weighted by molar-refractivity contribution is 0.102. The van der Waals surface area contributed by atoms with E-state index >= 15 is 0 Å². The van der Waals surface area contributed by atoms with E-state index in [1.807, 2.05) is 31.2 Å². The maximum atomic E-state index is 12.4.